The number of aromatic nitrogens is 2. The molecule has 0 saturated heterocycles. The molecule has 0 saturated carbocycles. The van der Waals surface area contributed by atoms with E-state index in [1.165, 1.54) is 31.9 Å². The zero-order valence-electron chi connectivity index (χ0n) is 35.0. The number of amides is 1. The molecular weight excluding hydrogens is 828 g/mol. The number of pyridine rings is 1. The number of rotatable bonds is 16. The van der Waals surface area contributed by atoms with E-state index in [9.17, 15) is 24.4 Å². The first-order chi connectivity index (χ1) is 28.7. The summed E-state index contributed by atoms with van der Waals surface area (Å²) in [5, 5.41) is 13.6. The van der Waals surface area contributed by atoms with Gasteiger partial charge in [-0.25, -0.2) is 24.4 Å². The number of anilines is 1. The van der Waals surface area contributed by atoms with E-state index in [1.807, 2.05) is 0 Å². The number of ether oxygens (including phenoxy) is 5. The molecule has 2 heterocycles. The van der Waals surface area contributed by atoms with Gasteiger partial charge in [0.2, 0.25) is 11.6 Å². The number of thioether (sulfide) groups is 1. The van der Waals surface area contributed by atoms with E-state index >= 15 is 0 Å². The third kappa shape index (κ3) is 14.4. The van der Waals surface area contributed by atoms with Gasteiger partial charge in [0.1, 0.15) is 59.4 Å². The van der Waals surface area contributed by atoms with Gasteiger partial charge in [-0.05, 0) is 90.4 Å². The van der Waals surface area contributed by atoms with Gasteiger partial charge in [-0.3, -0.25) is 9.59 Å². The second kappa shape index (κ2) is 20.8. The molecule has 18 heteroatoms. The Kier molecular flexibility index (Phi) is 16.1. The molecule has 0 aliphatic carbocycles. The standard InChI is InChI=1S/C43H47ClN6O10S/c1-24(18-33(51)59-42(3,4)5)39(52)57-22-31(58-40(53)25(2)48-41(54)60-43(6,7)8)21-55-30-16-12-26(13-17-30)34-32(19-45)38(50-36(46)35(34)47-9)61-23-29-20-56-37(49-29)27-10-14-28(44)15-11-27/h10-17,20,24-25,31H,18,21-23H2,1-8H3,(H2,46,50)(H,48,54)/t24-,25+,31-/m1/s1. The van der Waals surface area contributed by atoms with Crippen molar-refractivity contribution < 1.29 is 47.3 Å². The van der Waals surface area contributed by atoms with Crippen molar-refractivity contribution in [1.82, 2.24) is 15.3 Å². The molecule has 322 valence electrons. The fourth-order valence-electron chi connectivity index (χ4n) is 5.28. The summed E-state index contributed by atoms with van der Waals surface area (Å²) in [7, 11) is 0. The number of halogens is 1. The predicted octanol–water partition coefficient (Wildman–Crippen LogP) is 8.47. The minimum Gasteiger partial charge on any atom is -0.490 e. The highest BCUT2D eigenvalue weighted by Gasteiger charge is 2.28. The summed E-state index contributed by atoms with van der Waals surface area (Å²) in [5.41, 5.74) is 6.87. The van der Waals surface area contributed by atoms with E-state index in [4.69, 9.17) is 52.0 Å². The first-order valence-electron chi connectivity index (χ1n) is 18.9. The van der Waals surface area contributed by atoms with E-state index in [2.05, 4.69) is 26.2 Å². The number of benzene rings is 2. The van der Waals surface area contributed by atoms with Crippen molar-refractivity contribution in [3.63, 3.8) is 0 Å². The molecule has 4 rings (SSSR count). The number of nitriles is 1. The average Bonchev–Trinajstić information content (AvgIpc) is 3.65. The minimum absolute atomic E-state index is 0.00942. The molecule has 0 aliphatic rings. The van der Waals surface area contributed by atoms with E-state index in [0.29, 0.717) is 22.2 Å². The average molecular weight is 875 g/mol. The van der Waals surface area contributed by atoms with Crippen LogP contribution < -0.4 is 15.8 Å². The van der Waals surface area contributed by atoms with E-state index in [0.717, 1.165) is 5.56 Å². The normalized spacial score (nSPS) is 12.8. The Morgan fingerprint density at radius 2 is 1.59 bits per heavy atom. The molecule has 0 aliphatic heterocycles. The van der Waals surface area contributed by atoms with Crippen molar-refractivity contribution >= 4 is 58.9 Å². The van der Waals surface area contributed by atoms with Crippen LogP contribution in [0.15, 0.2) is 64.2 Å². The van der Waals surface area contributed by atoms with E-state index < -0.39 is 59.9 Å². The summed E-state index contributed by atoms with van der Waals surface area (Å²) in [6.07, 6.45) is -0.740. The van der Waals surface area contributed by atoms with Gasteiger partial charge in [0.25, 0.3) is 0 Å². The van der Waals surface area contributed by atoms with Gasteiger partial charge < -0.3 is 39.2 Å². The van der Waals surface area contributed by atoms with Crippen molar-refractivity contribution in [2.75, 3.05) is 18.9 Å². The molecule has 61 heavy (non-hydrogen) atoms. The summed E-state index contributed by atoms with van der Waals surface area (Å²) in [6, 6.07) is 14.4. The van der Waals surface area contributed by atoms with Crippen LogP contribution >= 0.6 is 23.4 Å². The van der Waals surface area contributed by atoms with Crippen molar-refractivity contribution in [3.05, 3.63) is 82.5 Å². The summed E-state index contributed by atoms with van der Waals surface area (Å²) >= 11 is 7.20. The molecular formula is C43H47ClN6O10S. The Morgan fingerprint density at radius 3 is 2.20 bits per heavy atom. The van der Waals surface area contributed by atoms with Crippen LogP contribution in [-0.2, 0) is 39.1 Å². The lowest BCUT2D eigenvalue weighted by Gasteiger charge is -2.24. The van der Waals surface area contributed by atoms with Crippen molar-refractivity contribution in [3.8, 4) is 34.4 Å². The van der Waals surface area contributed by atoms with Crippen molar-refractivity contribution in [2.24, 2.45) is 5.92 Å². The number of carbonyl (C=O) groups excluding carboxylic acids is 4. The fraction of sp³-hybridized carbons (Fsp3) is 0.395. The number of nitrogens with one attached hydrogen (secondary N) is 1. The largest absolute Gasteiger partial charge is 0.490 e. The molecule has 3 N–H and O–H groups in total. The van der Waals surface area contributed by atoms with Gasteiger partial charge in [0, 0.05) is 21.9 Å². The van der Waals surface area contributed by atoms with Crippen LogP contribution in [0.1, 0.15) is 73.1 Å². The molecule has 2 aromatic carbocycles. The molecule has 4 aromatic rings. The number of hydrogen-bond donors (Lipinski definition) is 2. The Balaban J connectivity index is 1.50. The molecule has 1 amide bonds. The highest BCUT2D eigenvalue weighted by Crippen LogP contribution is 2.42. The third-order valence-corrected chi connectivity index (χ3v) is 9.30. The van der Waals surface area contributed by atoms with E-state index in [1.54, 1.807) is 90.1 Å². The van der Waals surface area contributed by atoms with Crippen LogP contribution in [0.5, 0.6) is 5.75 Å². The Labute approximate surface area is 363 Å². The minimum atomic E-state index is -1.17. The first-order valence-corrected chi connectivity index (χ1v) is 20.3. The summed E-state index contributed by atoms with van der Waals surface area (Å²) < 4.78 is 33.1. The van der Waals surface area contributed by atoms with Crippen LogP contribution in [0.4, 0.5) is 16.3 Å². The lowest BCUT2D eigenvalue weighted by atomic mass is 10.00. The molecule has 0 radical (unpaired) electrons. The quantitative estimate of drug-likeness (QED) is 0.0467. The van der Waals surface area contributed by atoms with E-state index in [-0.39, 0.29) is 52.2 Å². The van der Waals surface area contributed by atoms with Crippen LogP contribution in [0.3, 0.4) is 0 Å². The van der Waals surface area contributed by atoms with Gasteiger partial charge >= 0.3 is 24.0 Å². The van der Waals surface area contributed by atoms with Crippen LogP contribution in [0.25, 0.3) is 27.4 Å². The van der Waals surface area contributed by atoms with Crippen molar-refractivity contribution in [1.29, 1.82) is 5.26 Å². The highest BCUT2D eigenvalue weighted by atomic mass is 35.5. The number of carbonyl (C=O) groups is 4. The molecule has 0 spiro atoms. The molecule has 0 fully saturated rings. The topological polar surface area (TPSA) is 220 Å². The number of oxazole rings is 1. The number of nitrogens with two attached hydrogens (primary N) is 1. The maximum atomic E-state index is 13.1. The highest BCUT2D eigenvalue weighted by molar-refractivity contribution is 7.98. The van der Waals surface area contributed by atoms with Gasteiger partial charge in [0.15, 0.2) is 6.10 Å². The van der Waals surface area contributed by atoms with Gasteiger partial charge in [-0.15, -0.1) is 0 Å². The monoisotopic (exact) mass is 874 g/mol. The van der Waals surface area contributed by atoms with Gasteiger partial charge in [-0.2, -0.15) is 5.26 Å². The lowest BCUT2D eigenvalue weighted by molar-refractivity contribution is -0.166. The predicted molar refractivity (Wildman–Crippen MR) is 226 cm³/mol. The molecule has 2 aromatic heterocycles. The number of hydrogen-bond acceptors (Lipinski definition) is 15. The summed E-state index contributed by atoms with van der Waals surface area (Å²) in [4.78, 5) is 63.0. The number of esters is 3. The SMILES string of the molecule is [C-]#[N+]c1c(N)nc(SCc2coc(-c3ccc(Cl)cc3)n2)c(C#N)c1-c1ccc(OC[C@H](COC(=O)[C@H](C)CC(=O)OC(C)(C)C)OC(=O)[C@H](C)NC(=O)OC(C)(C)C)cc1. The maximum absolute atomic E-state index is 13.1. The molecule has 0 bridgehead atoms. The zero-order valence-corrected chi connectivity index (χ0v) is 36.6. The Morgan fingerprint density at radius 1 is 0.951 bits per heavy atom. The molecule has 0 unspecified atom stereocenters. The van der Waals surface area contributed by atoms with Crippen LogP contribution in [0.2, 0.25) is 5.02 Å². The smallest absolute Gasteiger partial charge is 0.408 e. The Hall–Kier alpha value is -6.30. The molecule has 3 atom stereocenters. The van der Waals surface area contributed by atoms with Crippen LogP contribution in [0, 0.1) is 23.8 Å². The third-order valence-electron chi connectivity index (χ3n) is 8.04. The number of alkyl carbamates (subject to hydrolysis) is 1. The van der Waals surface area contributed by atoms with Crippen molar-refractivity contribution in [2.45, 2.75) is 95.9 Å². The van der Waals surface area contributed by atoms with Crippen LogP contribution in [-0.4, -0.2) is 70.5 Å². The number of nitrogen functional groups attached to an aromatic ring is 1. The number of nitrogens with zero attached hydrogens (tertiary/aromatic N) is 4. The molecule has 16 nitrogen and oxygen atoms in total. The first kappa shape index (κ1) is 47.4. The van der Waals surface area contributed by atoms with Gasteiger partial charge in [-0.1, -0.05) is 42.4 Å². The fourth-order valence-corrected chi connectivity index (χ4v) is 6.28. The Bertz CT molecular complexity index is 2290. The lowest BCUT2D eigenvalue weighted by Crippen LogP contribution is -2.44. The zero-order chi connectivity index (χ0) is 45.1. The van der Waals surface area contributed by atoms with Gasteiger partial charge in [0.05, 0.1) is 30.2 Å². The second-order valence-electron chi connectivity index (χ2n) is 15.6. The summed E-state index contributed by atoms with van der Waals surface area (Å²) in [5.74, 6) is -2.16. The summed E-state index contributed by atoms with van der Waals surface area (Å²) in [6.45, 7) is 20.1. The maximum Gasteiger partial charge on any atom is 0.408 e. The second-order valence-corrected chi connectivity index (χ2v) is 17.0.